The van der Waals surface area contributed by atoms with Crippen molar-refractivity contribution in [2.24, 2.45) is 11.8 Å². The van der Waals surface area contributed by atoms with Crippen LogP contribution in [0.4, 0.5) is 0 Å². The minimum absolute atomic E-state index is 0.382. The third-order valence-corrected chi connectivity index (χ3v) is 4.52. The van der Waals surface area contributed by atoms with Crippen LogP contribution >= 0.6 is 0 Å². The molecule has 0 aromatic heterocycles. The minimum atomic E-state index is 0.382. The molecular weight excluding hydrogens is 198 g/mol. The van der Waals surface area contributed by atoms with Gasteiger partial charge >= 0.3 is 0 Å². The van der Waals surface area contributed by atoms with E-state index in [1.807, 2.05) is 0 Å². The monoisotopic (exact) mass is 223 g/mol. The molecule has 0 amide bonds. The maximum atomic E-state index is 12.1. The van der Waals surface area contributed by atoms with E-state index in [1.54, 1.807) is 0 Å². The summed E-state index contributed by atoms with van der Waals surface area (Å²) in [7, 11) is 2.23. The summed E-state index contributed by atoms with van der Waals surface area (Å²) >= 11 is 0. The van der Waals surface area contributed by atoms with Crippen LogP contribution in [0.1, 0.15) is 52.4 Å². The minimum Gasteiger partial charge on any atom is -0.300 e. The van der Waals surface area contributed by atoms with Crippen LogP contribution in [0.5, 0.6) is 0 Å². The van der Waals surface area contributed by atoms with E-state index in [0.29, 0.717) is 29.7 Å². The number of ketones is 1. The van der Waals surface area contributed by atoms with Gasteiger partial charge in [0.25, 0.3) is 0 Å². The molecule has 2 atom stereocenters. The van der Waals surface area contributed by atoms with Gasteiger partial charge in [0.2, 0.25) is 0 Å². The highest BCUT2D eigenvalue weighted by atomic mass is 16.1. The van der Waals surface area contributed by atoms with E-state index in [0.717, 1.165) is 25.7 Å². The first kappa shape index (κ1) is 12.1. The second-order valence-corrected chi connectivity index (χ2v) is 6.12. The lowest BCUT2D eigenvalue weighted by Gasteiger charge is -2.35. The van der Waals surface area contributed by atoms with Crippen molar-refractivity contribution in [3.63, 3.8) is 0 Å². The van der Waals surface area contributed by atoms with Crippen molar-refractivity contribution >= 4 is 5.78 Å². The maximum Gasteiger partial charge on any atom is 0.136 e. The van der Waals surface area contributed by atoms with Gasteiger partial charge in [-0.25, -0.2) is 0 Å². The standard InChI is InChI=1S/C14H25NO/c1-10(2)4-7-14(16)11-8-12-5-6-13(9-11)15(12)3/h10-13H,4-9H2,1-3H3. The number of rotatable bonds is 4. The summed E-state index contributed by atoms with van der Waals surface area (Å²) in [4.78, 5) is 14.6. The van der Waals surface area contributed by atoms with Crippen LogP contribution < -0.4 is 0 Å². The van der Waals surface area contributed by atoms with Gasteiger partial charge in [-0.1, -0.05) is 13.8 Å². The van der Waals surface area contributed by atoms with Crippen molar-refractivity contribution in [1.82, 2.24) is 4.90 Å². The van der Waals surface area contributed by atoms with E-state index in [1.165, 1.54) is 12.8 Å². The molecule has 2 rings (SSSR count). The molecule has 2 bridgehead atoms. The number of hydrogen-bond acceptors (Lipinski definition) is 2. The first-order valence-electron chi connectivity index (χ1n) is 6.82. The van der Waals surface area contributed by atoms with Crippen molar-refractivity contribution < 1.29 is 4.79 Å². The van der Waals surface area contributed by atoms with E-state index < -0.39 is 0 Å². The average Bonchev–Trinajstić information content (AvgIpc) is 2.50. The Balaban J connectivity index is 1.85. The fraction of sp³-hybridized carbons (Fsp3) is 0.929. The molecule has 92 valence electrons. The molecule has 0 spiro atoms. The first-order chi connectivity index (χ1) is 7.58. The summed E-state index contributed by atoms with van der Waals surface area (Å²) < 4.78 is 0. The third-order valence-electron chi connectivity index (χ3n) is 4.52. The first-order valence-corrected chi connectivity index (χ1v) is 6.82. The number of nitrogens with zero attached hydrogens (tertiary/aromatic N) is 1. The smallest absolute Gasteiger partial charge is 0.136 e. The molecule has 2 aliphatic rings. The molecule has 0 N–H and O–H groups in total. The molecule has 0 aliphatic carbocycles. The molecule has 2 heterocycles. The SMILES string of the molecule is CC(C)CCC(=O)C1CC2CCC(C1)N2C. The van der Waals surface area contributed by atoms with E-state index in [2.05, 4.69) is 25.8 Å². The van der Waals surface area contributed by atoms with E-state index >= 15 is 0 Å². The number of carbonyl (C=O) groups is 1. The molecule has 16 heavy (non-hydrogen) atoms. The van der Waals surface area contributed by atoms with Crippen LogP contribution in [-0.2, 0) is 4.79 Å². The lowest BCUT2D eigenvalue weighted by atomic mass is 9.85. The number of fused-ring (bicyclic) bond motifs is 2. The van der Waals surface area contributed by atoms with Crippen LogP contribution in [0.2, 0.25) is 0 Å². The molecule has 2 unspecified atom stereocenters. The van der Waals surface area contributed by atoms with Gasteiger partial charge in [-0.05, 0) is 45.1 Å². The largest absolute Gasteiger partial charge is 0.300 e. The van der Waals surface area contributed by atoms with Gasteiger partial charge in [-0.3, -0.25) is 4.79 Å². The van der Waals surface area contributed by atoms with E-state index in [4.69, 9.17) is 0 Å². The van der Waals surface area contributed by atoms with E-state index in [-0.39, 0.29) is 0 Å². The third kappa shape index (κ3) is 2.48. The zero-order valence-corrected chi connectivity index (χ0v) is 10.9. The van der Waals surface area contributed by atoms with Crippen molar-refractivity contribution in [3.8, 4) is 0 Å². The average molecular weight is 223 g/mol. The molecule has 2 fully saturated rings. The number of piperidine rings is 1. The number of carbonyl (C=O) groups excluding carboxylic acids is 1. The lowest BCUT2D eigenvalue weighted by Crippen LogP contribution is -2.42. The highest BCUT2D eigenvalue weighted by Gasteiger charge is 2.40. The van der Waals surface area contributed by atoms with Gasteiger partial charge in [-0.15, -0.1) is 0 Å². The predicted octanol–water partition coefficient (Wildman–Crippen LogP) is 2.86. The van der Waals surface area contributed by atoms with Crippen LogP contribution in [0.3, 0.4) is 0 Å². The lowest BCUT2D eigenvalue weighted by molar-refractivity contribution is -0.125. The zero-order valence-electron chi connectivity index (χ0n) is 10.9. The van der Waals surface area contributed by atoms with Gasteiger partial charge < -0.3 is 4.90 Å². The molecule has 2 nitrogen and oxygen atoms in total. The summed E-state index contributed by atoms with van der Waals surface area (Å²) in [5.41, 5.74) is 0. The van der Waals surface area contributed by atoms with Gasteiger partial charge in [0, 0.05) is 24.4 Å². The highest BCUT2D eigenvalue weighted by Crippen LogP contribution is 2.38. The number of hydrogen-bond donors (Lipinski definition) is 0. The molecule has 0 aromatic carbocycles. The summed E-state index contributed by atoms with van der Waals surface area (Å²) in [6.45, 7) is 4.40. The summed E-state index contributed by atoms with van der Waals surface area (Å²) in [6.07, 6.45) is 6.77. The van der Waals surface area contributed by atoms with Crippen LogP contribution in [0.25, 0.3) is 0 Å². The maximum absolute atomic E-state index is 12.1. The topological polar surface area (TPSA) is 20.3 Å². The second kappa shape index (κ2) is 4.87. The Morgan fingerprint density at radius 3 is 2.31 bits per heavy atom. The molecular formula is C14H25NO. The van der Waals surface area contributed by atoms with Crippen LogP contribution in [-0.4, -0.2) is 29.8 Å². The van der Waals surface area contributed by atoms with Crippen molar-refractivity contribution in [1.29, 1.82) is 0 Å². The summed E-state index contributed by atoms with van der Waals surface area (Å²) in [5.74, 6) is 1.58. The Kier molecular flexibility index (Phi) is 3.68. The van der Waals surface area contributed by atoms with Gasteiger partial charge in [-0.2, -0.15) is 0 Å². The molecule has 0 radical (unpaired) electrons. The zero-order chi connectivity index (χ0) is 11.7. The second-order valence-electron chi connectivity index (χ2n) is 6.12. The van der Waals surface area contributed by atoms with Gasteiger partial charge in [0.1, 0.15) is 5.78 Å². The highest BCUT2D eigenvalue weighted by molar-refractivity contribution is 5.81. The molecule has 2 aliphatic heterocycles. The number of Topliss-reactive ketones (excluding diaryl/α,β-unsaturated/α-hetero) is 1. The van der Waals surface area contributed by atoms with Gasteiger partial charge in [0.15, 0.2) is 0 Å². The fourth-order valence-corrected chi connectivity index (χ4v) is 3.31. The van der Waals surface area contributed by atoms with Crippen molar-refractivity contribution in [2.45, 2.75) is 64.5 Å². The van der Waals surface area contributed by atoms with E-state index in [9.17, 15) is 4.79 Å². The van der Waals surface area contributed by atoms with Crippen molar-refractivity contribution in [2.75, 3.05) is 7.05 Å². The predicted molar refractivity (Wildman–Crippen MR) is 66.4 cm³/mol. The quantitative estimate of drug-likeness (QED) is 0.730. The molecule has 2 heteroatoms. The van der Waals surface area contributed by atoms with Crippen LogP contribution in [0, 0.1) is 11.8 Å². The molecule has 2 saturated heterocycles. The molecule has 0 aromatic rings. The summed E-state index contributed by atoms with van der Waals surface area (Å²) in [5, 5.41) is 0. The normalized spacial score (nSPS) is 34.6. The Morgan fingerprint density at radius 2 is 1.81 bits per heavy atom. The Hall–Kier alpha value is -0.370. The summed E-state index contributed by atoms with van der Waals surface area (Å²) in [6, 6.07) is 1.40. The Morgan fingerprint density at radius 1 is 1.25 bits per heavy atom. The molecule has 0 saturated carbocycles. The van der Waals surface area contributed by atoms with Gasteiger partial charge in [0.05, 0.1) is 0 Å². The van der Waals surface area contributed by atoms with Crippen molar-refractivity contribution in [3.05, 3.63) is 0 Å². The Labute approximate surface area is 99.4 Å². The Bertz CT molecular complexity index is 247. The van der Waals surface area contributed by atoms with Crippen LogP contribution in [0.15, 0.2) is 0 Å². The fourth-order valence-electron chi connectivity index (χ4n) is 3.31.